The van der Waals surface area contributed by atoms with Gasteiger partial charge in [0, 0.05) is 11.3 Å². The maximum atomic E-state index is 5.35. The van der Waals surface area contributed by atoms with E-state index < -0.39 is 0 Å². The molecular weight excluding hydrogens is 196 g/mol. The number of hydrogen-bond donors (Lipinski definition) is 2. The second kappa shape index (κ2) is 4.62. The molecule has 4 heteroatoms. The highest BCUT2D eigenvalue weighted by Gasteiger charge is 2.00. The van der Waals surface area contributed by atoms with Gasteiger partial charge in [-0.1, -0.05) is 12.7 Å². The molecular formula is C10H12N2OS. The lowest BCUT2D eigenvalue weighted by atomic mass is 10.2. The molecule has 1 aromatic rings. The van der Waals surface area contributed by atoms with Crippen molar-refractivity contribution in [2.24, 2.45) is 5.73 Å². The molecule has 0 amide bonds. The Bertz CT molecular complexity index is 363. The fourth-order valence-electron chi connectivity index (χ4n) is 1.11. The molecule has 0 bridgehead atoms. The maximum Gasteiger partial charge on any atom is 0.168 e. The molecule has 1 aromatic carbocycles. The lowest BCUT2D eigenvalue weighted by molar-refractivity contribution is 0.414. The largest absolute Gasteiger partial charge is 0.496 e. The molecule has 0 unspecified atom stereocenters. The lowest BCUT2D eigenvalue weighted by Gasteiger charge is -2.08. The summed E-state index contributed by atoms with van der Waals surface area (Å²) in [5, 5.41) is 3.08. The Hall–Kier alpha value is -1.55. The molecule has 74 valence electrons. The second-order valence-electron chi connectivity index (χ2n) is 2.65. The molecule has 0 saturated carbocycles. The van der Waals surface area contributed by atoms with Gasteiger partial charge < -0.3 is 15.8 Å². The van der Waals surface area contributed by atoms with Crippen LogP contribution in [0.2, 0.25) is 0 Å². The SMILES string of the molecule is C=Cc1cc(NC(N)=S)ccc1OC. The van der Waals surface area contributed by atoms with Gasteiger partial charge in [-0.25, -0.2) is 0 Å². The molecule has 0 aromatic heterocycles. The van der Waals surface area contributed by atoms with Crippen molar-refractivity contribution in [3.8, 4) is 5.75 Å². The molecule has 0 atom stereocenters. The van der Waals surface area contributed by atoms with Crippen LogP contribution < -0.4 is 15.8 Å². The number of hydrogen-bond acceptors (Lipinski definition) is 2. The number of anilines is 1. The molecule has 0 spiro atoms. The monoisotopic (exact) mass is 208 g/mol. The Labute approximate surface area is 88.6 Å². The van der Waals surface area contributed by atoms with Crippen LogP contribution in [0.5, 0.6) is 5.75 Å². The number of benzene rings is 1. The van der Waals surface area contributed by atoms with E-state index in [1.807, 2.05) is 18.2 Å². The summed E-state index contributed by atoms with van der Waals surface area (Å²) in [7, 11) is 1.61. The van der Waals surface area contributed by atoms with E-state index in [1.165, 1.54) is 0 Å². The molecule has 14 heavy (non-hydrogen) atoms. The summed E-state index contributed by atoms with van der Waals surface area (Å²) in [6, 6.07) is 5.54. The fourth-order valence-corrected chi connectivity index (χ4v) is 1.23. The number of thiocarbonyl (C=S) groups is 1. The number of nitrogens with two attached hydrogens (primary N) is 1. The highest BCUT2D eigenvalue weighted by molar-refractivity contribution is 7.80. The van der Waals surface area contributed by atoms with Gasteiger partial charge in [0.2, 0.25) is 0 Å². The van der Waals surface area contributed by atoms with Gasteiger partial charge in [-0.3, -0.25) is 0 Å². The highest BCUT2D eigenvalue weighted by Crippen LogP contribution is 2.23. The summed E-state index contributed by atoms with van der Waals surface area (Å²) >= 11 is 4.73. The van der Waals surface area contributed by atoms with Crippen LogP contribution in [0.3, 0.4) is 0 Å². The van der Waals surface area contributed by atoms with Crippen molar-refractivity contribution in [1.82, 2.24) is 0 Å². The third-order valence-electron chi connectivity index (χ3n) is 1.72. The van der Waals surface area contributed by atoms with E-state index in [0.29, 0.717) is 0 Å². The third-order valence-corrected chi connectivity index (χ3v) is 1.82. The smallest absolute Gasteiger partial charge is 0.168 e. The lowest BCUT2D eigenvalue weighted by Crippen LogP contribution is -2.18. The molecule has 0 saturated heterocycles. The van der Waals surface area contributed by atoms with Crippen LogP contribution in [0, 0.1) is 0 Å². The van der Waals surface area contributed by atoms with Gasteiger partial charge >= 0.3 is 0 Å². The minimum atomic E-state index is 0.241. The maximum absolute atomic E-state index is 5.35. The van der Waals surface area contributed by atoms with E-state index in [0.717, 1.165) is 17.0 Å². The van der Waals surface area contributed by atoms with Gasteiger partial charge in [0.05, 0.1) is 7.11 Å². The standard InChI is InChI=1S/C10H12N2OS/c1-3-7-6-8(12-10(11)14)4-5-9(7)13-2/h3-6H,1H2,2H3,(H3,11,12,14). The molecule has 0 fully saturated rings. The molecule has 3 nitrogen and oxygen atoms in total. The van der Waals surface area contributed by atoms with Crippen molar-refractivity contribution >= 4 is 29.1 Å². The summed E-state index contributed by atoms with van der Waals surface area (Å²) in [6.45, 7) is 3.69. The van der Waals surface area contributed by atoms with E-state index in [1.54, 1.807) is 13.2 Å². The van der Waals surface area contributed by atoms with Crippen LogP contribution in [-0.4, -0.2) is 12.2 Å². The van der Waals surface area contributed by atoms with Crippen molar-refractivity contribution in [2.75, 3.05) is 12.4 Å². The quantitative estimate of drug-likeness (QED) is 0.746. The molecule has 1 rings (SSSR count). The Morgan fingerprint density at radius 2 is 2.36 bits per heavy atom. The average molecular weight is 208 g/mol. The Balaban J connectivity index is 3.01. The van der Waals surface area contributed by atoms with E-state index in [-0.39, 0.29) is 5.11 Å². The van der Waals surface area contributed by atoms with E-state index in [9.17, 15) is 0 Å². The van der Waals surface area contributed by atoms with E-state index in [2.05, 4.69) is 11.9 Å². The van der Waals surface area contributed by atoms with Crippen molar-refractivity contribution in [3.05, 3.63) is 30.3 Å². The zero-order chi connectivity index (χ0) is 10.6. The third kappa shape index (κ3) is 2.47. The number of rotatable bonds is 3. The van der Waals surface area contributed by atoms with Crippen LogP contribution >= 0.6 is 12.2 Å². The van der Waals surface area contributed by atoms with Crippen LogP contribution in [0.4, 0.5) is 5.69 Å². The Morgan fingerprint density at radius 1 is 1.64 bits per heavy atom. The molecule has 3 N–H and O–H groups in total. The zero-order valence-corrected chi connectivity index (χ0v) is 8.73. The summed E-state index contributed by atoms with van der Waals surface area (Å²) in [5.74, 6) is 0.772. The topological polar surface area (TPSA) is 47.3 Å². The zero-order valence-electron chi connectivity index (χ0n) is 7.91. The predicted molar refractivity (Wildman–Crippen MR) is 63.5 cm³/mol. The normalized spacial score (nSPS) is 9.21. The summed E-state index contributed by atoms with van der Waals surface area (Å²) in [6.07, 6.45) is 1.71. The molecule has 0 aliphatic heterocycles. The molecule has 0 aliphatic carbocycles. The first-order valence-electron chi connectivity index (χ1n) is 4.04. The Kier molecular flexibility index (Phi) is 3.48. The van der Waals surface area contributed by atoms with E-state index in [4.69, 9.17) is 22.7 Å². The Morgan fingerprint density at radius 3 is 2.86 bits per heavy atom. The summed E-state index contributed by atoms with van der Waals surface area (Å²) in [5.41, 5.74) is 7.07. The van der Waals surface area contributed by atoms with Crippen LogP contribution in [-0.2, 0) is 0 Å². The number of methoxy groups -OCH3 is 1. The summed E-state index contributed by atoms with van der Waals surface area (Å²) < 4.78 is 5.13. The minimum Gasteiger partial charge on any atom is -0.496 e. The fraction of sp³-hybridized carbons (Fsp3) is 0.100. The summed E-state index contributed by atoms with van der Waals surface area (Å²) in [4.78, 5) is 0. The van der Waals surface area contributed by atoms with Crippen LogP contribution in [0.15, 0.2) is 24.8 Å². The van der Waals surface area contributed by atoms with Crippen molar-refractivity contribution in [2.45, 2.75) is 0 Å². The van der Waals surface area contributed by atoms with Crippen molar-refractivity contribution in [1.29, 1.82) is 0 Å². The second-order valence-corrected chi connectivity index (χ2v) is 3.09. The first-order chi connectivity index (χ1) is 6.67. The molecule has 0 radical (unpaired) electrons. The molecule has 0 heterocycles. The van der Waals surface area contributed by atoms with Gasteiger partial charge in [-0.15, -0.1) is 0 Å². The van der Waals surface area contributed by atoms with Gasteiger partial charge in [-0.2, -0.15) is 0 Å². The average Bonchev–Trinajstić information content (AvgIpc) is 2.16. The predicted octanol–water partition coefficient (Wildman–Crippen LogP) is 1.99. The molecule has 0 aliphatic rings. The van der Waals surface area contributed by atoms with Crippen molar-refractivity contribution < 1.29 is 4.74 Å². The first kappa shape index (κ1) is 10.5. The van der Waals surface area contributed by atoms with Crippen LogP contribution in [0.1, 0.15) is 5.56 Å². The van der Waals surface area contributed by atoms with Crippen LogP contribution in [0.25, 0.3) is 6.08 Å². The van der Waals surface area contributed by atoms with Gasteiger partial charge in [-0.05, 0) is 30.4 Å². The number of nitrogens with one attached hydrogen (secondary N) is 1. The van der Waals surface area contributed by atoms with Gasteiger partial charge in [0.1, 0.15) is 5.75 Å². The van der Waals surface area contributed by atoms with Gasteiger partial charge in [0.25, 0.3) is 0 Å². The highest BCUT2D eigenvalue weighted by atomic mass is 32.1. The van der Waals surface area contributed by atoms with Gasteiger partial charge in [0.15, 0.2) is 5.11 Å². The van der Waals surface area contributed by atoms with Crippen molar-refractivity contribution in [3.63, 3.8) is 0 Å². The minimum absolute atomic E-state index is 0.241. The first-order valence-corrected chi connectivity index (χ1v) is 4.45. The number of ether oxygens (including phenoxy) is 1. The van der Waals surface area contributed by atoms with E-state index >= 15 is 0 Å².